The summed E-state index contributed by atoms with van der Waals surface area (Å²) in [6, 6.07) is 4.80. The van der Waals surface area contributed by atoms with Crippen molar-refractivity contribution in [2.45, 2.75) is 39.7 Å². The molecule has 2 aromatic rings. The average molecular weight is 277 g/mol. The van der Waals surface area contributed by atoms with Gasteiger partial charge in [-0.3, -0.25) is 4.68 Å². The molecule has 0 radical (unpaired) electrons. The number of rotatable bonds is 6. The maximum atomic E-state index is 4.49. The van der Waals surface area contributed by atoms with E-state index >= 15 is 0 Å². The number of aromatic nitrogens is 2. The van der Waals surface area contributed by atoms with Crippen LogP contribution in [0.15, 0.2) is 18.3 Å². The second-order valence-corrected chi connectivity index (χ2v) is 6.37. The molecule has 1 unspecified atom stereocenters. The maximum absolute atomic E-state index is 4.49. The summed E-state index contributed by atoms with van der Waals surface area (Å²) in [6.07, 6.45) is 4.12. The number of nitrogens with one attached hydrogen (secondary N) is 1. The number of thiophene rings is 1. The van der Waals surface area contributed by atoms with Crippen molar-refractivity contribution in [2.75, 3.05) is 6.54 Å². The van der Waals surface area contributed by atoms with Gasteiger partial charge in [0.2, 0.25) is 0 Å². The molecule has 1 atom stereocenters. The van der Waals surface area contributed by atoms with Gasteiger partial charge in [0.25, 0.3) is 0 Å². The highest BCUT2D eigenvalue weighted by Crippen LogP contribution is 2.28. The van der Waals surface area contributed by atoms with Crippen molar-refractivity contribution in [3.05, 3.63) is 39.3 Å². The van der Waals surface area contributed by atoms with E-state index in [0.29, 0.717) is 6.04 Å². The molecular formula is C15H23N3S. The Morgan fingerprint density at radius 1 is 1.42 bits per heavy atom. The van der Waals surface area contributed by atoms with Crippen molar-refractivity contribution in [1.82, 2.24) is 15.1 Å². The van der Waals surface area contributed by atoms with E-state index in [0.717, 1.165) is 25.1 Å². The highest BCUT2D eigenvalue weighted by atomic mass is 32.1. The summed E-state index contributed by atoms with van der Waals surface area (Å²) in [7, 11) is 1.97. The summed E-state index contributed by atoms with van der Waals surface area (Å²) in [5.74, 6) is 0. The predicted octanol–water partition coefficient (Wildman–Crippen LogP) is 3.38. The van der Waals surface area contributed by atoms with E-state index in [9.17, 15) is 0 Å². The highest BCUT2D eigenvalue weighted by molar-refractivity contribution is 7.12. The van der Waals surface area contributed by atoms with Crippen LogP contribution in [0.5, 0.6) is 0 Å². The van der Waals surface area contributed by atoms with Gasteiger partial charge in [-0.15, -0.1) is 11.3 Å². The molecule has 0 aromatic carbocycles. The summed E-state index contributed by atoms with van der Waals surface area (Å²) in [5.41, 5.74) is 2.55. The van der Waals surface area contributed by atoms with Crippen molar-refractivity contribution < 1.29 is 0 Å². The smallest absolute Gasteiger partial charge is 0.0643 e. The Bertz CT molecular complexity index is 508. The lowest BCUT2D eigenvalue weighted by molar-refractivity contribution is 0.528. The predicted molar refractivity (Wildman–Crippen MR) is 81.7 cm³/mol. The number of aryl methyl sites for hydroxylation is 3. The van der Waals surface area contributed by atoms with Crippen molar-refractivity contribution in [2.24, 2.45) is 7.05 Å². The van der Waals surface area contributed by atoms with Crippen LogP contribution in [-0.4, -0.2) is 16.3 Å². The number of hydrogen-bond acceptors (Lipinski definition) is 3. The van der Waals surface area contributed by atoms with Gasteiger partial charge < -0.3 is 5.32 Å². The molecule has 3 nitrogen and oxygen atoms in total. The Hall–Kier alpha value is -1.13. The molecule has 104 valence electrons. The molecule has 0 saturated carbocycles. The average Bonchev–Trinajstić information content (AvgIpc) is 2.92. The first kappa shape index (κ1) is 14.3. The highest BCUT2D eigenvalue weighted by Gasteiger charge is 2.16. The number of nitrogens with zero attached hydrogens (tertiary/aromatic N) is 2. The zero-order valence-corrected chi connectivity index (χ0v) is 13.0. The molecule has 0 aliphatic carbocycles. The van der Waals surface area contributed by atoms with Gasteiger partial charge in [-0.05, 0) is 44.5 Å². The van der Waals surface area contributed by atoms with Crippen molar-refractivity contribution in [3.8, 4) is 0 Å². The maximum Gasteiger partial charge on any atom is 0.0643 e. The molecule has 0 saturated heterocycles. The lowest BCUT2D eigenvalue weighted by Gasteiger charge is -2.16. The Morgan fingerprint density at radius 3 is 2.74 bits per heavy atom. The standard InChI is InChI=1S/C15H23N3S/c1-5-7-16-14(10-13-6-8-18(4)17-13)15-9-11(2)12(3)19-15/h6,8-9,14,16H,5,7,10H2,1-4H3. The molecule has 0 fully saturated rings. The third-order valence-corrected chi connectivity index (χ3v) is 4.62. The first-order chi connectivity index (χ1) is 9.10. The first-order valence-electron chi connectivity index (χ1n) is 6.89. The zero-order chi connectivity index (χ0) is 13.8. The first-order valence-corrected chi connectivity index (χ1v) is 7.70. The number of hydrogen-bond donors (Lipinski definition) is 1. The monoisotopic (exact) mass is 277 g/mol. The SMILES string of the molecule is CCCNC(Cc1ccn(C)n1)c1cc(C)c(C)s1. The van der Waals surface area contributed by atoms with Crippen molar-refractivity contribution in [1.29, 1.82) is 0 Å². The van der Waals surface area contributed by atoms with Gasteiger partial charge in [0.15, 0.2) is 0 Å². The topological polar surface area (TPSA) is 29.9 Å². The molecule has 0 aliphatic rings. The van der Waals surface area contributed by atoms with Crippen LogP contribution in [0.25, 0.3) is 0 Å². The Labute approximate surface area is 119 Å². The van der Waals surface area contributed by atoms with Crippen LogP contribution in [0, 0.1) is 13.8 Å². The van der Waals surface area contributed by atoms with Crippen LogP contribution < -0.4 is 5.32 Å². The molecule has 0 bridgehead atoms. The minimum absolute atomic E-state index is 0.382. The molecule has 2 heterocycles. The van der Waals surface area contributed by atoms with E-state index in [4.69, 9.17) is 0 Å². The van der Waals surface area contributed by atoms with Gasteiger partial charge in [-0.2, -0.15) is 5.10 Å². The van der Waals surface area contributed by atoms with Crippen LogP contribution in [0.3, 0.4) is 0 Å². The molecule has 1 N–H and O–H groups in total. The summed E-state index contributed by atoms with van der Waals surface area (Å²) in [6.45, 7) is 7.64. The molecule has 2 rings (SSSR count). The van der Waals surface area contributed by atoms with Gasteiger partial charge in [-0.25, -0.2) is 0 Å². The molecule has 2 aromatic heterocycles. The fraction of sp³-hybridized carbons (Fsp3) is 0.533. The fourth-order valence-electron chi connectivity index (χ4n) is 2.15. The van der Waals surface area contributed by atoms with Crippen LogP contribution >= 0.6 is 11.3 Å². The Kier molecular flexibility index (Phi) is 4.77. The van der Waals surface area contributed by atoms with Gasteiger partial charge in [0, 0.05) is 35.5 Å². The van der Waals surface area contributed by atoms with E-state index in [1.54, 1.807) is 0 Å². The summed E-state index contributed by atoms with van der Waals surface area (Å²) >= 11 is 1.90. The minimum Gasteiger partial charge on any atom is -0.309 e. The third kappa shape index (κ3) is 3.67. The quantitative estimate of drug-likeness (QED) is 0.877. The van der Waals surface area contributed by atoms with Gasteiger partial charge in [0.1, 0.15) is 0 Å². The van der Waals surface area contributed by atoms with Crippen LogP contribution in [0.4, 0.5) is 0 Å². The minimum atomic E-state index is 0.382. The van der Waals surface area contributed by atoms with E-state index in [2.05, 4.69) is 43.3 Å². The second kappa shape index (κ2) is 6.35. The third-order valence-electron chi connectivity index (χ3n) is 3.35. The van der Waals surface area contributed by atoms with Crippen molar-refractivity contribution >= 4 is 11.3 Å². The Morgan fingerprint density at radius 2 is 2.21 bits per heavy atom. The molecular weight excluding hydrogens is 254 g/mol. The largest absolute Gasteiger partial charge is 0.309 e. The second-order valence-electron chi connectivity index (χ2n) is 5.08. The van der Waals surface area contributed by atoms with Gasteiger partial charge in [0.05, 0.1) is 5.69 Å². The lowest BCUT2D eigenvalue weighted by atomic mass is 10.1. The summed E-state index contributed by atoms with van der Waals surface area (Å²) < 4.78 is 1.87. The normalized spacial score (nSPS) is 12.8. The van der Waals surface area contributed by atoms with E-state index in [1.807, 2.05) is 29.3 Å². The van der Waals surface area contributed by atoms with Crippen LogP contribution in [-0.2, 0) is 13.5 Å². The van der Waals surface area contributed by atoms with E-state index < -0.39 is 0 Å². The molecule has 19 heavy (non-hydrogen) atoms. The Balaban J connectivity index is 2.15. The molecule has 0 aliphatic heterocycles. The van der Waals surface area contributed by atoms with E-state index in [-0.39, 0.29) is 0 Å². The molecule has 4 heteroatoms. The van der Waals surface area contributed by atoms with Crippen LogP contribution in [0.1, 0.15) is 40.4 Å². The van der Waals surface area contributed by atoms with E-state index in [1.165, 1.54) is 15.3 Å². The van der Waals surface area contributed by atoms with Crippen molar-refractivity contribution in [3.63, 3.8) is 0 Å². The van der Waals surface area contributed by atoms with Gasteiger partial charge >= 0.3 is 0 Å². The van der Waals surface area contributed by atoms with Crippen LogP contribution in [0.2, 0.25) is 0 Å². The fourth-order valence-corrected chi connectivity index (χ4v) is 3.26. The van der Waals surface area contributed by atoms with Gasteiger partial charge in [-0.1, -0.05) is 6.92 Å². The molecule has 0 amide bonds. The zero-order valence-electron chi connectivity index (χ0n) is 12.2. The summed E-state index contributed by atoms with van der Waals surface area (Å²) in [4.78, 5) is 2.84. The summed E-state index contributed by atoms with van der Waals surface area (Å²) in [5, 5.41) is 8.14. The lowest BCUT2D eigenvalue weighted by Crippen LogP contribution is -2.23. The molecule has 0 spiro atoms.